The zero-order valence-electron chi connectivity index (χ0n) is 15.8. The first-order valence-electron chi connectivity index (χ1n) is 9.47. The van der Waals surface area contributed by atoms with Gasteiger partial charge in [0.1, 0.15) is 11.4 Å². The van der Waals surface area contributed by atoms with E-state index < -0.39 is 17.5 Å². The van der Waals surface area contributed by atoms with Gasteiger partial charge >= 0.3 is 0 Å². The number of rotatable bonds is 11. The smallest absolute Gasteiger partial charge is 0.203 e. The second kappa shape index (κ2) is 11.2. The fourth-order valence-corrected chi connectivity index (χ4v) is 3.27. The molecule has 0 fully saturated rings. The van der Waals surface area contributed by atoms with E-state index in [9.17, 15) is 15.0 Å². The summed E-state index contributed by atoms with van der Waals surface area (Å²) in [5.74, 6) is 0.393. The SMILES string of the molecule is O=C1C(Cl)=CC(O)(CCCCOc2ccccc2)C1=CC=CC(O)CCCO. The third-order valence-electron chi connectivity index (χ3n) is 4.51. The lowest BCUT2D eigenvalue weighted by atomic mass is 9.90. The van der Waals surface area contributed by atoms with Crippen LogP contribution in [-0.4, -0.2) is 46.0 Å². The summed E-state index contributed by atoms with van der Waals surface area (Å²) >= 11 is 5.96. The largest absolute Gasteiger partial charge is 0.494 e. The fraction of sp³-hybridized carbons (Fsp3) is 0.409. The summed E-state index contributed by atoms with van der Waals surface area (Å²) in [5, 5.41) is 29.4. The minimum absolute atomic E-state index is 0.00325. The van der Waals surface area contributed by atoms with Gasteiger partial charge in [-0.15, -0.1) is 0 Å². The van der Waals surface area contributed by atoms with Crippen molar-refractivity contribution in [3.05, 3.63) is 65.2 Å². The summed E-state index contributed by atoms with van der Waals surface area (Å²) in [6.45, 7) is 0.527. The first-order chi connectivity index (χ1) is 13.5. The van der Waals surface area contributed by atoms with Crippen LogP contribution in [0.3, 0.4) is 0 Å². The summed E-state index contributed by atoms with van der Waals surface area (Å²) in [5.41, 5.74) is -1.21. The average molecular weight is 407 g/mol. The van der Waals surface area contributed by atoms with Gasteiger partial charge in [-0.3, -0.25) is 4.79 Å². The van der Waals surface area contributed by atoms with Crippen molar-refractivity contribution in [2.75, 3.05) is 13.2 Å². The molecule has 5 nitrogen and oxygen atoms in total. The van der Waals surface area contributed by atoms with Crippen LogP contribution in [0.4, 0.5) is 0 Å². The Kier molecular flexibility index (Phi) is 8.93. The Hall–Kier alpha value is -1.92. The molecule has 152 valence electrons. The highest BCUT2D eigenvalue weighted by Gasteiger charge is 2.40. The summed E-state index contributed by atoms with van der Waals surface area (Å²) in [6.07, 6.45) is 7.87. The molecule has 0 aromatic heterocycles. The van der Waals surface area contributed by atoms with E-state index in [4.69, 9.17) is 21.4 Å². The van der Waals surface area contributed by atoms with E-state index in [1.807, 2.05) is 30.3 Å². The van der Waals surface area contributed by atoms with Gasteiger partial charge in [0, 0.05) is 12.2 Å². The second-order valence-electron chi connectivity index (χ2n) is 6.76. The molecular weight excluding hydrogens is 380 g/mol. The van der Waals surface area contributed by atoms with Gasteiger partial charge in [0.2, 0.25) is 5.78 Å². The number of ketones is 1. The van der Waals surface area contributed by atoms with E-state index in [1.165, 1.54) is 18.2 Å². The number of carbonyl (C=O) groups excluding carboxylic acids is 1. The van der Waals surface area contributed by atoms with Crippen LogP contribution in [-0.2, 0) is 4.79 Å². The van der Waals surface area contributed by atoms with Gasteiger partial charge < -0.3 is 20.1 Å². The maximum atomic E-state index is 12.3. The van der Waals surface area contributed by atoms with E-state index in [-0.39, 0.29) is 17.2 Å². The number of benzene rings is 1. The third-order valence-corrected chi connectivity index (χ3v) is 4.79. The molecule has 0 heterocycles. The maximum Gasteiger partial charge on any atom is 0.203 e. The van der Waals surface area contributed by atoms with Crippen molar-refractivity contribution < 1.29 is 24.9 Å². The van der Waals surface area contributed by atoms with E-state index in [0.29, 0.717) is 32.3 Å². The van der Waals surface area contributed by atoms with Crippen LogP contribution in [0.15, 0.2) is 65.2 Å². The predicted octanol–water partition coefficient (Wildman–Crippen LogP) is 3.29. The number of para-hydroxylation sites is 1. The molecule has 0 radical (unpaired) electrons. The Morgan fingerprint density at radius 2 is 1.93 bits per heavy atom. The number of aliphatic hydroxyl groups is 3. The number of halogens is 1. The molecule has 1 aliphatic carbocycles. The van der Waals surface area contributed by atoms with Crippen LogP contribution in [0.25, 0.3) is 0 Å². The lowest BCUT2D eigenvalue weighted by Crippen LogP contribution is -2.28. The van der Waals surface area contributed by atoms with Gasteiger partial charge in [-0.2, -0.15) is 0 Å². The van der Waals surface area contributed by atoms with Gasteiger partial charge in [-0.25, -0.2) is 0 Å². The normalized spacial score (nSPS) is 22.1. The standard InChI is InChI=1S/C22H27ClO5/c23-20-16-22(27,13-4-5-15-28-18-10-2-1-3-11-18)19(21(20)26)12-6-8-17(25)9-7-14-24/h1-3,6,8,10-12,16-17,24-25,27H,4-5,7,9,13-15H2. The van der Waals surface area contributed by atoms with E-state index in [0.717, 1.165) is 12.2 Å². The number of ether oxygens (including phenoxy) is 1. The zero-order chi connectivity index (χ0) is 20.4. The second-order valence-corrected chi connectivity index (χ2v) is 7.17. The van der Waals surface area contributed by atoms with Gasteiger partial charge in [0.05, 0.1) is 17.7 Å². The number of unbranched alkanes of at least 4 members (excludes halogenated alkanes) is 1. The molecule has 3 N–H and O–H groups in total. The van der Waals surface area contributed by atoms with E-state index >= 15 is 0 Å². The van der Waals surface area contributed by atoms with Gasteiger partial charge in [-0.05, 0) is 50.3 Å². The lowest BCUT2D eigenvalue weighted by molar-refractivity contribution is -0.112. The minimum atomic E-state index is -1.42. The van der Waals surface area contributed by atoms with Gasteiger partial charge in [-0.1, -0.05) is 48.0 Å². The van der Waals surface area contributed by atoms with Gasteiger partial charge in [0.15, 0.2) is 0 Å². The Morgan fingerprint density at radius 3 is 2.64 bits per heavy atom. The molecule has 1 aromatic carbocycles. The quantitative estimate of drug-likeness (QED) is 0.387. The molecule has 2 rings (SSSR count). The Labute approximate surface area is 170 Å². The van der Waals surface area contributed by atoms with Crippen molar-refractivity contribution in [1.29, 1.82) is 0 Å². The molecule has 1 aromatic rings. The molecule has 0 bridgehead atoms. The van der Waals surface area contributed by atoms with Crippen LogP contribution in [0.5, 0.6) is 5.75 Å². The van der Waals surface area contributed by atoms with Gasteiger partial charge in [0.25, 0.3) is 0 Å². The van der Waals surface area contributed by atoms with Crippen LogP contribution in [0.1, 0.15) is 32.1 Å². The Balaban J connectivity index is 1.89. The van der Waals surface area contributed by atoms with E-state index in [1.54, 1.807) is 6.08 Å². The number of aliphatic hydroxyl groups excluding tert-OH is 2. The van der Waals surface area contributed by atoms with Crippen molar-refractivity contribution in [2.24, 2.45) is 0 Å². The number of allylic oxidation sites excluding steroid dienone is 3. The lowest BCUT2D eigenvalue weighted by Gasteiger charge is -2.22. The predicted molar refractivity (Wildman–Crippen MR) is 109 cm³/mol. The molecule has 6 heteroatoms. The molecule has 0 saturated heterocycles. The molecule has 0 saturated carbocycles. The monoisotopic (exact) mass is 406 g/mol. The van der Waals surface area contributed by atoms with Crippen LogP contribution in [0, 0.1) is 0 Å². The highest BCUT2D eigenvalue weighted by molar-refractivity contribution is 6.46. The van der Waals surface area contributed by atoms with E-state index in [2.05, 4.69) is 0 Å². The van der Waals surface area contributed by atoms with Crippen molar-refractivity contribution in [1.82, 2.24) is 0 Å². The Morgan fingerprint density at radius 1 is 1.18 bits per heavy atom. The highest BCUT2D eigenvalue weighted by Crippen LogP contribution is 2.36. The third kappa shape index (κ3) is 6.60. The van der Waals surface area contributed by atoms with Crippen LogP contribution >= 0.6 is 11.6 Å². The molecule has 28 heavy (non-hydrogen) atoms. The summed E-state index contributed by atoms with van der Waals surface area (Å²) in [4.78, 5) is 12.3. The van der Waals surface area contributed by atoms with Crippen molar-refractivity contribution in [2.45, 2.75) is 43.8 Å². The van der Waals surface area contributed by atoms with Crippen molar-refractivity contribution in [3.63, 3.8) is 0 Å². The first-order valence-corrected chi connectivity index (χ1v) is 9.85. The summed E-state index contributed by atoms with van der Waals surface area (Å²) in [7, 11) is 0. The summed E-state index contributed by atoms with van der Waals surface area (Å²) in [6, 6.07) is 9.49. The average Bonchev–Trinajstić information content (AvgIpc) is 2.90. The first kappa shape index (κ1) is 22.4. The summed E-state index contributed by atoms with van der Waals surface area (Å²) < 4.78 is 5.63. The topological polar surface area (TPSA) is 87.0 Å². The number of hydrogen-bond donors (Lipinski definition) is 3. The van der Waals surface area contributed by atoms with Crippen molar-refractivity contribution in [3.8, 4) is 5.75 Å². The molecule has 2 atom stereocenters. The molecule has 0 aliphatic heterocycles. The molecular formula is C22H27ClO5. The zero-order valence-corrected chi connectivity index (χ0v) is 16.5. The number of hydrogen-bond acceptors (Lipinski definition) is 5. The number of carbonyl (C=O) groups is 1. The molecule has 0 spiro atoms. The minimum Gasteiger partial charge on any atom is -0.494 e. The molecule has 1 aliphatic rings. The van der Waals surface area contributed by atoms with Crippen LogP contribution < -0.4 is 4.74 Å². The van der Waals surface area contributed by atoms with Crippen molar-refractivity contribution >= 4 is 17.4 Å². The number of Topliss-reactive ketones (excluding diaryl/α,β-unsaturated/α-hetero) is 1. The molecule has 2 unspecified atom stereocenters. The van der Waals surface area contributed by atoms with Crippen LogP contribution in [0.2, 0.25) is 0 Å². The highest BCUT2D eigenvalue weighted by atomic mass is 35.5. The maximum absolute atomic E-state index is 12.3. The fourth-order valence-electron chi connectivity index (χ4n) is 2.99. The molecule has 0 amide bonds. The Bertz CT molecular complexity index is 726.